The van der Waals surface area contributed by atoms with Crippen molar-refractivity contribution in [3.8, 4) is 0 Å². The minimum absolute atomic E-state index is 0.112. The fourth-order valence-corrected chi connectivity index (χ4v) is 1.49. The second-order valence-corrected chi connectivity index (χ2v) is 4.59. The van der Waals surface area contributed by atoms with Crippen LogP contribution in [0.15, 0.2) is 24.3 Å². The first-order valence-electron chi connectivity index (χ1n) is 5.90. The van der Waals surface area contributed by atoms with Gasteiger partial charge in [0.2, 0.25) is 5.91 Å². The van der Waals surface area contributed by atoms with Crippen molar-refractivity contribution in [3.05, 3.63) is 29.8 Å². The lowest BCUT2D eigenvalue weighted by Gasteiger charge is -2.25. The van der Waals surface area contributed by atoms with Gasteiger partial charge < -0.3 is 5.32 Å². The molecule has 16 heavy (non-hydrogen) atoms. The highest BCUT2D eigenvalue weighted by atomic mass is 16.2. The largest absolute Gasteiger partial charge is 0.326 e. The van der Waals surface area contributed by atoms with Crippen LogP contribution in [-0.4, -0.2) is 5.91 Å². The summed E-state index contributed by atoms with van der Waals surface area (Å²) < 4.78 is 0. The van der Waals surface area contributed by atoms with E-state index in [-0.39, 0.29) is 11.3 Å². The summed E-state index contributed by atoms with van der Waals surface area (Å²) in [6.07, 6.45) is 1.72. The third-order valence-electron chi connectivity index (χ3n) is 3.42. The normalized spacial score (nSPS) is 11.2. The molecule has 0 aliphatic heterocycles. The van der Waals surface area contributed by atoms with E-state index in [4.69, 9.17) is 0 Å². The monoisotopic (exact) mass is 219 g/mol. The van der Waals surface area contributed by atoms with Crippen LogP contribution in [0.25, 0.3) is 0 Å². The van der Waals surface area contributed by atoms with Crippen molar-refractivity contribution in [2.75, 3.05) is 5.32 Å². The molecule has 1 aromatic carbocycles. The molecule has 0 aromatic heterocycles. The number of benzene rings is 1. The van der Waals surface area contributed by atoms with Crippen LogP contribution in [0.2, 0.25) is 0 Å². The van der Waals surface area contributed by atoms with Crippen LogP contribution in [-0.2, 0) is 4.79 Å². The number of rotatable bonds is 4. The van der Waals surface area contributed by atoms with Crippen molar-refractivity contribution in [1.82, 2.24) is 0 Å². The minimum Gasteiger partial charge on any atom is -0.326 e. The highest BCUT2D eigenvalue weighted by molar-refractivity contribution is 5.94. The molecule has 2 heteroatoms. The summed E-state index contributed by atoms with van der Waals surface area (Å²) in [7, 11) is 0. The Kier molecular flexibility index (Phi) is 4.11. The van der Waals surface area contributed by atoms with Crippen molar-refractivity contribution in [2.45, 2.75) is 40.5 Å². The SMILES string of the molecule is CCC(C)(CC)C(=O)Nc1ccc(C)cc1. The van der Waals surface area contributed by atoms with E-state index in [1.807, 2.05) is 38.1 Å². The Morgan fingerprint density at radius 1 is 1.19 bits per heavy atom. The van der Waals surface area contributed by atoms with Crippen molar-refractivity contribution < 1.29 is 4.79 Å². The zero-order valence-corrected chi connectivity index (χ0v) is 10.6. The van der Waals surface area contributed by atoms with Gasteiger partial charge in [0.1, 0.15) is 0 Å². The molecule has 0 heterocycles. The average Bonchev–Trinajstić information content (AvgIpc) is 2.31. The lowest BCUT2D eigenvalue weighted by atomic mass is 9.84. The summed E-state index contributed by atoms with van der Waals surface area (Å²) in [5, 5.41) is 2.97. The van der Waals surface area contributed by atoms with Crippen LogP contribution >= 0.6 is 0 Å². The number of hydrogen-bond donors (Lipinski definition) is 1. The number of nitrogens with one attached hydrogen (secondary N) is 1. The maximum Gasteiger partial charge on any atom is 0.230 e. The molecule has 0 aliphatic rings. The summed E-state index contributed by atoms with van der Waals surface area (Å²) in [4.78, 5) is 12.1. The number of amides is 1. The molecule has 0 saturated heterocycles. The molecular weight excluding hydrogens is 198 g/mol. The van der Waals surface area contributed by atoms with Gasteiger partial charge in [-0.2, -0.15) is 0 Å². The summed E-state index contributed by atoms with van der Waals surface area (Å²) in [6, 6.07) is 7.90. The van der Waals surface area contributed by atoms with Gasteiger partial charge in [-0.3, -0.25) is 4.79 Å². The van der Waals surface area contributed by atoms with Crippen LogP contribution in [0.3, 0.4) is 0 Å². The molecule has 0 radical (unpaired) electrons. The first kappa shape index (κ1) is 12.8. The van der Waals surface area contributed by atoms with E-state index >= 15 is 0 Å². The standard InChI is InChI=1S/C14H21NO/c1-5-14(4,6-2)13(16)15-12-9-7-11(3)8-10-12/h7-10H,5-6H2,1-4H3,(H,15,16). The zero-order valence-electron chi connectivity index (χ0n) is 10.6. The Morgan fingerprint density at radius 2 is 1.69 bits per heavy atom. The number of aryl methyl sites for hydroxylation is 1. The number of anilines is 1. The Labute approximate surface area is 98.1 Å². The molecule has 0 saturated carbocycles. The Bertz CT molecular complexity index is 350. The van der Waals surface area contributed by atoms with Gasteiger partial charge in [-0.1, -0.05) is 38.5 Å². The van der Waals surface area contributed by atoms with Gasteiger partial charge in [0.15, 0.2) is 0 Å². The fourth-order valence-electron chi connectivity index (χ4n) is 1.49. The number of carbonyl (C=O) groups excluding carboxylic acids is 1. The molecule has 1 aromatic rings. The predicted molar refractivity (Wildman–Crippen MR) is 68.5 cm³/mol. The second-order valence-electron chi connectivity index (χ2n) is 4.59. The van der Waals surface area contributed by atoms with E-state index in [1.54, 1.807) is 0 Å². The Morgan fingerprint density at radius 3 is 2.12 bits per heavy atom. The smallest absolute Gasteiger partial charge is 0.230 e. The molecular formula is C14H21NO. The highest BCUT2D eigenvalue weighted by Crippen LogP contribution is 2.27. The van der Waals surface area contributed by atoms with E-state index in [9.17, 15) is 4.79 Å². The first-order chi connectivity index (χ1) is 7.51. The van der Waals surface area contributed by atoms with Gasteiger partial charge in [0, 0.05) is 11.1 Å². The van der Waals surface area contributed by atoms with Crippen LogP contribution in [0, 0.1) is 12.3 Å². The van der Waals surface area contributed by atoms with Crippen LogP contribution < -0.4 is 5.32 Å². The predicted octanol–water partition coefficient (Wildman–Crippen LogP) is 3.76. The molecule has 0 fully saturated rings. The molecule has 1 N–H and O–H groups in total. The van der Waals surface area contributed by atoms with E-state index in [1.165, 1.54) is 5.56 Å². The van der Waals surface area contributed by atoms with Crippen LogP contribution in [0.1, 0.15) is 39.2 Å². The summed E-state index contributed by atoms with van der Waals surface area (Å²) >= 11 is 0. The molecule has 88 valence electrons. The third-order valence-corrected chi connectivity index (χ3v) is 3.42. The topological polar surface area (TPSA) is 29.1 Å². The molecule has 2 nitrogen and oxygen atoms in total. The van der Waals surface area contributed by atoms with Crippen LogP contribution in [0.4, 0.5) is 5.69 Å². The van der Waals surface area contributed by atoms with Gasteiger partial charge in [-0.15, -0.1) is 0 Å². The average molecular weight is 219 g/mol. The van der Waals surface area contributed by atoms with E-state index in [0.717, 1.165) is 18.5 Å². The summed E-state index contributed by atoms with van der Waals surface area (Å²) in [5.41, 5.74) is 1.82. The Hall–Kier alpha value is -1.31. The van der Waals surface area contributed by atoms with Crippen LogP contribution in [0.5, 0.6) is 0 Å². The molecule has 0 aliphatic carbocycles. The zero-order chi connectivity index (χ0) is 12.2. The molecule has 0 spiro atoms. The van der Waals surface area contributed by atoms with E-state index in [0.29, 0.717) is 0 Å². The number of hydrogen-bond acceptors (Lipinski definition) is 1. The molecule has 1 rings (SSSR count). The maximum absolute atomic E-state index is 12.1. The third kappa shape index (κ3) is 2.84. The van der Waals surface area contributed by atoms with Gasteiger partial charge in [-0.25, -0.2) is 0 Å². The van der Waals surface area contributed by atoms with Crippen molar-refractivity contribution in [3.63, 3.8) is 0 Å². The van der Waals surface area contributed by atoms with Crippen molar-refractivity contribution in [1.29, 1.82) is 0 Å². The number of carbonyl (C=O) groups is 1. The lowest BCUT2D eigenvalue weighted by Crippen LogP contribution is -2.32. The van der Waals surface area contributed by atoms with Crippen molar-refractivity contribution in [2.24, 2.45) is 5.41 Å². The summed E-state index contributed by atoms with van der Waals surface area (Å²) in [5.74, 6) is 0.112. The quantitative estimate of drug-likeness (QED) is 0.820. The van der Waals surface area contributed by atoms with E-state index < -0.39 is 0 Å². The lowest BCUT2D eigenvalue weighted by molar-refractivity contribution is -0.125. The van der Waals surface area contributed by atoms with Crippen molar-refractivity contribution >= 4 is 11.6 Å². The van der Waals surface area contributed by atoms with E-state index in [2.05, 4.69) is 19.2 Å². The second kappa shape index (κ2) is 5.15. The highest BCUT2D eigenvalue weighted by Gasteiger charge is 2.28. The maximum atomic E-state index is 12.1. The molecule has 0 atom stereocenters. The fraction of sp³-hybridized carbons (Fsp3) is 0.500. The molecule has 0 bridgehead atoms. The van der Waals surface area contributed by atoms with Gasteiger partial charge in [-0.05, 0) is 31.9 Å². The minimum atomic E-state index is -0.259. The summed E-state index contributed by atoms with van der Waals surface area (Å²) in [6.45, 7) is 8.15. The first-order valence-corrected chi connectivity index (χ1v) is 5.90. The van der Waals surface area contributed by atoms with Gasteiger partial charge in [0.05, 0.1) is 0 Å². The van der Waals surface area contributed by atoms with Gasteiger partial charge >= 0.3 is 0 Å². The molecule has 1 amide bonds. The Balaban J connectivity index is 2.74. The van der Waals surface area contributed by atoms with Gasteiger partial charge in [0.25, 0.3) is 0 Å². The molecule has 0 unspecified atom stereocenters.